The highest BCUT2D eigenvalue weighted by molar-refractivity contribution is 6.42. The van der Waals surface area contributed by atoms with Crippen LogP contribution < -0.4 is 15.0 Å². The van der Waals surface area contributed by atoms with Crippen LogP contribution in [-0.2, 0) is 13.1 Å². The van der Waals surface area contributed by atoms with Crippen molar-refractivity contribution in [3.8, 4) is 5.75 Å². The second kappa shape index (κ2) is 8.13. The molecule has 142 valence electrons. The number of hydrogen-bond acceptors (Lipinski definition) is 2. The zero-order valence-electron chi connectivity index (χ0n) is 15.2. The van der Waals surface area contributed by atoms with Crippen molar-refractivity contribution in [2.75, 3.05) is 12.3 Å². The Balaban J connectivity index is 1.62. The summed E-state index contributed by atoms with van der Waals surface area (Å²) in [5.74, 6) is 1.52. The SMILES string of the molecule is Nc1n(CCOc2ccccc2)c2ccccc2[n+]1Cc1ccc(Cl)c(Cl)c1. The third-order valence-corrected chi connectivity index (χ3v) is 5.41. The first kappa shape index (κ1) is 18.7. The molecule has 0 atom stereocenters. The Hall–Kier alpha value is -2.69. The van der Waals surface area contributed by atoms with Crippen LogP contribution in [0.25, 0.3) is 11.0 Å². The Morgan fingerprint density at radius 3 is 2.43 bits per heavy atom. The van der Waals surface area contributed by atoms with Gasteiger partial charge in [0.25, 0.3) is 0 Å². The Labute approximate surface area is 173 Å². The van der Waals surface area contributed by atoms with E-state index in [4.69, 9.17) is 33.7 Å². The fourth-order valence-corrected chi connectivity index (χ4v) is 3.63. The Bertz CT molecular complexity index is 1110. The first-order valence-electron chi connectivity index (χ1n) is 9.02. The number of ether oxygens (including phenoxy) is 1. The van der Waals surface area contributed by atoms with E-state index >= 15 is 0 Å². The van der Waals surface area contributed by atoms with Crippen molar-refractivity contribution in [2.45, 2.75) is 13.1 Å². The average Bonchev–Trinajstić information content (AvgIpc) is 2.97. The molecule has 0 fully saturated rings. The maximum atomic E-state index is 6.52. The lowest BCUT2D eigenvalue weighted by Crippen LogP contribution is -2.37. The van der Waals surface area contributed by atoms with Crippen LogP contribution in [0.4, 0.5) is 5.95 Å². The van der Waals surface area contributed by atoms with Gasteiger partial charge in [0.2, 0.25) is 0 Å². The molecule has 0 bridgehead atoms. The van der Waals surface area contributed by atoms with Crippen LogP contribution in [-0.4, -0.2) is 11.2 Å². The summed E-state index contributed by atoms with van der Waals surface area (Å²) in [4.78, 5) is 0. The van der Waals surface area contributed by atoms with E-state index < -0.39 is 0 Å². The summed E-state index contributed by atoms with van der Waals surface area (Å²) in [6.07, 6.45) is 0. The number of nitrogen functional groups attached to an aromatic ring is 1. The summed E-state index contributed by atoms with van der Waals surface area (Å²) in [5.41, 5.74) is 9.69. The molecule has 0 saturated heterocycles. The smallest absolute Gasteiger partial charge is 0.356 e. The molecule has 0 saturated carbocycles. The lowest BCUT2D eigenvalue weighted by atomic mass is 10.2. The normalized spacial score (nSPS) is 11.1. The molecular formula is C22H20Cl2N3O+. The summed E-state index contributed by atoms with van der Waals surface area (Å²) in [5, 5.41) is 1.09. The van der Waals surface area contributed by atoms with E-state index in [0.29, 0.717) is 35.7 Å². The van der Waals surface area contributed by atoms with Gasteiger partial charge in [-0.2, -0.15) is 0 Å². The molecule has 0 spiro atoms. The number of halogens is 2. The van der Waals surface area contributed by atoms with Crippen molar-refractivity contribution in [3.63, 3.8) is 0 Å². The third kappa shape index (κ3) is 3.79. The fourth-order valence-electron chi connectivity index (χ4n) is 3.31. The zero-order valence-corrected chi connectivity index (χ0v) is 16.7. The van der Waals surface area contributed by atoms with Crippen LogP contribution in [0.2, 0.25) is 10.0 Å². The highest BCUT2D eigenvalue weighted by Crippen LogP contribution is 2.23. The van der Waals surface area contributed by atoms with E-state index in [1.54, 1.807) is 0 Å². The van der Waals surface area contributed by atoms with Crippen LogP contribution in [0, 0.1) is 0 Å². The lowest BCUT2D eigenvalue weighted by molar-refractivity contribution is -0.648. The molecule has 0 aliphatic carbocycles. The molecule has 1 heterocycles. The Morgan fingerprint density at radius 2 is 1.64 bits per heavy atom. The van der Waals surface area contributed by atoms with Crippen LogP contribution in [0.5, 0.6) is 5.75 Å². The number of benzene rings is 3. The summed E-state index contributed by atoms with van der Waals surface area (Å²) in [7, 11) is 0. The average molecular weight is 413 g/mol. The summed E-state index contributed by atoms with van der Waals surface area (Å²) in [6, 6.07) is 23.6. The Kier molecular flexibility index (Phi) is 5.42. The molecule has 4 rings (SSSR count). The van der Waals surface area contributed by atoms with Crippen molar-refractivity contribution in [2.24, 2.45) is 0 Å². The van der Waals surface area contributed by atoms with Gasteiger partial charge in [-0.25, -0.2) is 9.13 Å². The minimum atomic E-state index is 0.527. The van der Waals surface area contributed by atoms with Crippen molar-refractivity contribution >= 4 is 40.2 Å². The number of imidazole rings is 1. The van der Waals surface area contributed by atoms with Gasteiger partial charge in [0.15, 0.2) is 0 Å². The summed E-state index contributed by atoms with van der Waals surface area (Å²) < 4.78 is 10.0. The quantitative estimate of drug-likeness (QED) is 0.455. The number of para-hydroxylation sites is 3. The number of nitrogens with zero attached hydrogens (tertiary/aromatic N) is 2. The summed E-state index contributed by atoms with van der Waals surface area (Å²) >= 11 is 12.2. The second-order valence-corrected chi connectivity index (χ2v) is 7.31. The van der Waals surface area contributed by atoms with Gasteiger partial charge in [-0.3, -0.25) is 5.73 Å². The Morgan fingerprint density at radius 1 is 0.893 bits per heavy atom. The van der Waals surface area contributed by atoms with Crippen molar-refractivity contribution in [1.29, 1.82) is 0 Å². The van der Waals surface area contributed by atoms with Gasteiger partial charge in [-0.05, 0) is 42.0 Å². The number of hydrogen-bond donors (Lipinski definition) is 1. The molecule has 0 amide bonds. The van der Waals surface area contributed by atoms with Gasteiger partial charge < -0.3 is 4.74 Å². The summed E-state index contributed by atoms with van der Waals surface area (Å²) in [6.45, 7) is 1.78. The molecule has 0 aliphatic rings. The maximum Gasteiger partial charge on any atom is 0.356 e. The van der Waals surface area contributed by atoms with Crippen LogP contribution in [0.3, 0.4) is 0 Å². The first-order chi connectivity index (χ1) is 13.6. The number of aromatic nitrogens is 2. The van der Waals surface area contributed by atoms with E-state index in [1.807, 2.05) is 60.7 Å². The maximum absolute atomic E-state index is 6.52. The van der Waals surface area contributed by atoms with Crippen LogP contribution in [0.15, 0.2) is 72.8 Å². The molecular weight excluding hydrogens is 393 g/mol. The predicted molar refractivity (Wildman–Crippen MR) is 114 cm³/mol. The standard InChI is InChI=1S/C22H19Cl2N3O/c23-18-11-10-16(14-19(18)24)15-27-21-9-5-4-8-20(21)26(22(27)25)12-13-28-17-6-2-1-3-7-17/h1-11,14,25H,12-13,15H2/p+1. The number of anilines is 1. The third-order valence-electron chi connectivity index (χ3n) is 4.67. The lowest BCUT2D eigenvalue weighted by Gasteiger charge is -2.06. The number of nitrogens with two attached hydrogens (primary N) is 1. The van der Waals surface area contributed by atoms with E-state index in [1.165, 1.54) is 0 Å². The molecule has 4 aromatic rings. The highest BCUT2D eigenvalue weighted by atomic mass is 35.5. The molecule has 4 nitrogen and oxygen atoms in total. The number of rotatable bonds is 6. The topological polar surface area (TPSA) is 44.1 Å². The van der Waals surface area contributed by atoms with Crippen LogP contribution in [0.1, 0.15) is 5.56 Å². The fraction of sp³-hybridized carbons (Fsp3) is 0.136. The van der Waals surface area contributed by atoms with Gasteiger partial charge in [-0.15, -0.1) is 0 Å². The highest BCUT2D eigenvalue weighted by Gasteiger charge is 2.21. The largest absolute Gasteiger partial charge is 0.490 e. The second-order valence-electron chi connectivity index (χ2n) is 6.49. The zero-order chi connectivity index (χ0) is 19.5. The van der Waals surface area contributed by atoms with Crippen molar-refractivity contribution in [3.05, 3.63) is 88.4 Å². The molecule has 3 aromatic carbocycles. The predicted octanol–water partition coefficient (Wildman–Crippen LogP) is 4.95. The molecule has 0 aliphatic heterocycles. The van der Waals surface area contributed by atoms with Gasteiger partial charge in [-0.1, -0.05) is 59.6 Å². The first-order valence-corrected chi connectivity index (χ1v) is 9.77. The molecule has 6 heteroatoms. The van der Waals surface area contributed by atoms with Gasteiger partial charge in [0.1, 0.15) is 29.9 Å². The minimum Gasteiger partial charge on any atom is -0.490 e. The van der Waals surface area contributed by atoms with Gasteiger partial charge >= 0.3 is 5.95 Å². The van der Waals surface area contributed by atoms with E-state index in [-0.39, 0.29) is 0 Å². The van der Waals surface area contributed by atoms with Gasteiger partial charge in [0, 0.05) is 0 Å². The molecule has 28 heavy (non-hydrogen) atoms. The van der Waals surface area contributed by atoms with Gasteiger partial charge in [0.05, 0.1) is 16.6 Å². The van der Waals surface area contributed by atoms with E-state index in [9.17, 15) is 0 Å². The van der Waals surface area contributed by atoms with Crippen molar-refractivity contribution in [1.82, 2.24) is 4.57 Å². The molecule has 2 N–H and O–H groups in total. The van der Waals surface area contributed by atoms with Crippen molar-refractivity contribution < 1.29 is 9.30 Å². The number of fused-ring (bicyclic) bond motifs is 1. The molecule has 1 aromatic heterocycles. The molecule has 0 radical (unpaired) electrons. The van der Waals surface area contributed by atoms with E-state index in [2.05, 4.69) is 21.3 Å². The monoisotopic (exact) mass is 412 g/mol. The van der Waals surface area contributed by atoms with Crippen LogP contribution >= 0.6 is 23.2 Å². The molecule has 0 unspecified atom stereocenters. The van der Waals surface area contributed by atoms with E-state index in [0.717, 1.165) is 22.3 Å². The minimum absolute atomic E-state index is 0.527.